The molecule has 0 unspecified atom stereocenters. The fourth-order valence-corrected chi connectivity index (χ4v) is 3.08. The normalized spacial score (nSPS) is 17.8. The zero-order valence-corrected chi connectivity index (χ0v) is 13.5. The number of pyridine rings is 1. The van der Waals surface area contributed by atoms with Gasteiger partial charge < -0.3 is 14.7 Å². The third kappa shape index (κ3) is 2.63. The number of nitrogens with zero attached hydrogens (tertiary/aromatic N) is 3. The number of aromatic nitrogens is 1. The van der Waals surface area contributed by atoms with Crippen molar-refractivity contribution in [1.82, 2.24) is 9.58 Å². The molecule has 2 aliphatic rings. The highest BCUT2D eigenvalue weighted by Crippen LogP contribution is 2.25. The lowest BCUT2D eigenvalue weighted by Crippen LogP contribution is -2.53. The summed E-state index contributed by atoms with van der Waals surface area (Å²) in [5.41, 5.74) is 0.381. The Morgan fingerprint density at radius 3 is 2.80 bits per heavy atom. The van der Waals surface area contributed by atoms with Gasteiger partial charge >= 0.3 is 0 Å². The third-order valence-corrected chi connectivity index (χ3v) is 4.34. The van der Waals surface area contributed by atoms with E-state index in [1.54, 1.807) is 9.58 Å². The maximum Gasteiger partial charge on any atom is 0.278 e. The summed E-state index contributed by atoms with van der Waals surface area (Å²) >= 11 is 0. The maximum absolute atomic E-state index is 12.7. The highest BCUT2D eigenvalue weighted by atomic mass is 16.5. The van der Waals surface area contributed by atoms with Crippen LogP contribution in [0.4, 0.5) is 0 Å². The molecule has 7 nitrogen and oxygen atoms in total. The summed E-state index contributed by atoms with van der Waals surface area (Å²) in [7, 11) is 0. The fraction of sp³-hybridized carbons (Fsp3) is 0.222. The molecule has 2 aromatic rings. The Kier molecular flexibility index (Phi) is 3.68. The summed E-state index contributed by atoms with van der Waals surface area (Å²) in [5, 5.41) is 12.0. The molecule has 128 valence electrons. The molecular formula is C18H17N3O4. The molecule has 2 bridgehead atoms. The number of aromatic hydroxyl groups is 1. The molecule has 0 radical (unpaired) electrons. The predicted molar refractivity (Wildman–Crippen MR) is 91.3 cm³/mol. The molecule has 1 aromatic carbocycles. The molecule has 7 heteroatoms. The Morgan fingerprint density at radius 1 is 1.08 bits per heavy atom. The number of benzene rings is 1. The van der Waals surface area contributed by atoms with Crippen molar-refractivity contribution in [2.45, 2.75) is 6.54 Å². The van der Waals surface area contributed by atoms with Crippen LogP contribution in [0, 0.1) is 0 Å². The number of carbonyl (C=O) groups is 1. The van der Waals surface area contributed by atoms with E-state index in [0.29, 0.717) is 26.4 Å². The van der Waals surface area contributed by atoms with Gasteiger partial charge in [-0.1, -0.05) is 24.3 Å². The third-order valence-electron chi connectivity index (χ3n) is 4.34. The van der Waals surface area contributed by atoms with E-state index in [2.05, 4.69) is 0 Å². The number of para-hydroxylation sites is 1. The van der Waals surface area contributed by atoms with Crippen molar-refractivity contribution in [3.05, 3.63) is 70.2 Å². The molecule has 2 aliphatic heterocycles. The van der Waals surface area contributed by atoms with Crippen LogP contribution in [-0.2, 0) is 6.54 Å². The molecule has 1 amide bonds. The summed E-state index contributed by atoms with van der Waals surface area (Å²) in [5.74, 6) is -0.126. The molecule has 0 saturated carbocycles. The maximum atomic E-state index is 12.7. The minimum absolute atomic E-state index is 0.00945. The summed E-state index contributed by atoms with van der Waals surface area (Å²) < 4.78 is 7.35. The molecule has 3 heterocycles. The van der Waals surface area contributed by atoms with E-state index in [0.717, 1.165) is 11.3 Å². The van der Waals surface area contributed by atoms with Crippen LogP contribution in [0.25, 0.3) is 0 Å². The second-order valence-electron chi connectivity index (χ2n) is 5.95. The second kappa shape index (κ2) is 6.01. The van der Waals surface area contributed by atoms with Crippen molar-refractivity contribution < 1.29 is 14.6 Å². The van der Waals surface area contributed by atoms with Gasteiger partial charge in [-0.25, -0.2) is 0 Å². The van der Waals surface area contributed by atoms with E-state index in [4.69, 9.17) is 4.74 Å². The van der Waals surface area contributed by atoms with E-state index in [1.807, 2.05) is 41.4 Å². The number of hydrogen-bond donors (Lipinski definition) is 1. The molecule has 1 aromatic heterocycles. The Hall–Kier alpha value is -3.22. The van der Waals surface area contributed by atoms with E-state index in [9.17, 15) is 14.7 Å². The number of carbonyl (C=O) groups excluding carboxylic acids is 1. The minimum Gasteiger partial charge on any atom is -0.502 e. The summed E-state index contributed by atoms with van der Waals surface area (Å²) in [4.78, 5) is 26.1. The molecule has 0 aliphatic carbocycles. The van der Waals surface area contributed by atoms with Crippen LogP contribution in [0.2, 0.25) is 0 Å². The van der Waals surface area contributed by atoms with Crippen LogP contribution in [0.15, 0.2) is 53.5 Å². The van der Waals surface area contributed by atoms with Gasteiger partial charge in [-0.3, -0.25) is 19.3 Å². The Labute approximate surface area is 143 Å². The highest BCUT2D eigenvalue weighted by Gasteiger charge is 2.32. The first kappa shape index (κ1) is 15.3. The van der Waals surface area contributed by atoms with Crippen molar-refractivity contribution in [3.8, 4) is 11.5 Å². The highest BCUT2D eigenvalue weighted by molar-refractivity contribution is 5.96. The SMILES string of the molecule is O=C1c2c(O)c(=O)ccn2N2Cc3ccccc3OC/C=C/CN1C2. The molecular weight excluding hydrogens is 322 g/mol. The van der Waals surface area contributed by atoms with Crippen LogP contribution in [-0.4, -0.2) is 40.4 Å². The van der Waals surface area contributed by atoms with Gasteiger partial charge in [0, 0.05) is 24.4 Å². The van der Waals surface area contributed by atoms with Gasteiger partial charge in [0.05, 0.1) is 6.54 Å². The first-order valence-corrected chi connectivity index (χ1v) is 8.00. The Balaban J connectivity index is 1.86. The Morgan fingerprint density at radius 2 is 1.92 bits per heavy atom. The molecule has 0 spiro atoms. The van der Waals surface area contributed by atoms with Crippen LogP contribution in [0.5, 0.6) is 11.5 Å². The van der Waals surface area contributed by atoms with Crippen molar-refractivity contribution in [3.63, 3.8) is 0 Å². The van der Waals surface area contributed by atoms with Crippen molar-refractivity contribution in [2.24, 2.45) is 0 Å². The van der Waals surface area contributed by atoms with E-state index in [-0.39, 0.29) is 11.6 Å². The van der Waals surface area contributed by atoms with Crippen LogP contribution >= 0.6 is 0 Å². The smallest absolute Gasteiger partial charge is 0.278 e. The van der Waals surface area contributed by atoms with Gasteiger partial charge in [-0.2, -0.15) is 0 Å². The molecule has 1 N–H and O–H groups in total. The second-order valence-corrected chi connectivity index (χ2v) is 5.95. The zero-order valence-electron chi connectivity index (χ0n) is 13.5. The molecule has 0 saturated heterocycles. The van der Waals surface area contributed by atoms with Crippen molar-refractivity contribution in [1.29, 1.82) is 0 Å². The lowest BCUT2D eigenvalue weighted by Gasteiger charge is -2.39. The molecule has 0 fully saturated rings. The van der Waals surface area contributed by atoms with Gasteiger partial charge in [-0.15, -0.1) is 0 Å². The lowest BCUT2D eigenvalue weighted by atomic mass is 10.2. The van der Waals surface area contributed by atoms with E-state index in [1.165, 1.54) is 12.3 Å². The van der Waals surface area contributed by atoms with Crippen LogP contribution in [0.1, 0.15) is 16.1 Å². The monoisotopic (exact) mass is 339 g/mol. The number of hydrogen-bond acceptors (Lipinski definition) is 5. The van der Waals surface area contributed by atoms with Gasteiger partial charge in [0.2, 0.25) is 5.43 Å². The average Bonchev–Trinajstić information content (AvgIpc) is 2.65. The van der Waals surface area contributed by atoms with Gasteiger partial charge in [0.15, 0.2) is 11.4 Å². The first-order chi connectivity index (χ1) is 12.1. The Bertz CT molecular complexity index is 919. The van der Waals surface area contributed by atoms with Gasteiger partial charge in [-0.05, 0) is 12.1 Å². The van der Waals surface area contributed by atoms with E-state index >= 15 is 0 Å². The molecule has 25 heavy (non-hydrogen) atoms. The predicted octanol–water partition coefficient (Wildman–Crippen LogP) is 1.05. The quantitative estimate of drug-likeness (QED) is 0.726. The van der Waals surface area contributed by atoms with Gasteiger partial charge in [0.25, 0.3) is 5.91 Å². The number of amides is 1. The minimum atomic E-state index is -0.565. The zero-order chi connectivity index (χ0) is 17.4. The summed E-state index contributed by atoms with van der Waals surface area (Å²) in [6, 6.07) is 8.95. The fourth-order valence-electron chi connectivity index (χ4n) is 3.08. The molecule has 4 rings (SSSR count). The average molecular weight is 339 g/mol. The number of ether oxygens (including phenoxy) is 1. The lowest BCUT2D eigenvalue weighted by molar-refractivity contribution is 0.0706. The first-order valence-electron chi connectivity index (χ1n) is 8.00. The number of fused-ring (bicyclic) bond motifs is 5. The largest absolute Gasteiger partial charge is 0.502 e. The van der Waals surface area contributed by atoms with Crippen molar-refractivity contribution >= 4 is 5.91 Å². The molecule has 0 atom stereocenters. The van der Waals surface area contributed by atoms with Gasteiger partial charge in [0.1, 0.15) is 19.0 Å². The van der Waals surface area contributed by atoms with E-state index < -0.39 is 11.2 Å². The van der Waals surface area contributed by atoms with Crippen LogP contribution < -0.4 is 15.2 Å². The van der Waals surface area contributed by atoms with Crippen LogP contribution in [0.3, 0.4) is 0 Å². The topological polar surface area (TPSA) is 75.0 Å². The van der Waals surface area contributed by atoms with Crippen molar-refractivity contribution in [2.75, 3.05) is 24.8 Å². The summed E-state index contributed by atoms with van der Waals surface area (Å²) in [6.07, 6.45) is 5.22. The number of rotatable bonds is 0. The standard InChI is InChI=1S/C18H17N3O4/c22-14-7-9-21-16(17(14)23)18(24)19-8-3-4-10-25-15-6-2-1-5-13(15)11-20(21)12-19/h1-7,9,23H,8,10-12H2/b4-3+. The summed E-state index contributed by atoms with van der Waals surface area (Å²) in [6.45, 7) is 1.59.